The SMILES string of the molecule is CCN(CC)[C@H](C)[C@@H](C)O. The van der Waals surface area contributed by atoms with E-state index in [9.17, 15) is 5.11 Å². The molecule has 0 radical (unpaired) electrons. The summed E-state index contributed by atoms with van der Waals surface area (Å²) < 4.78 is 0. The van der Waals surface area contributed by atoms with E-state index in [2.05, 4.69) is 25.7 Å². The molecule has 0 aromatic heterocycles. The van der Waals surface area contributed by atoms with Crippen molar-refractivity contribution in [2.45, 2.75) is 39.8 Å². The van der Waals surface area contributed by atoms with Crippen molar-refractivity contribution in [1.82, 2.24) is 4.90 Å². The van der Waals surface area contributed by atoms with Crippen LogP contribution in [0.2, 0.25) is 0 Å². The Labute approximate surface area is 63.8 Å². The first-order valence-corrected chi connectivity index (χ1v) is 4.05. The monoisotopic (exact) mass is 145 g/mol. The van der Waals surface area contributed by atoms with Crippen LogP contribution in [0.3, 0.4) is 0 Å². The number of aliphatic hydroxyl groups excluding tert-OH is 1. The van der Waals surface area contributed by atoms with E-state index in [4.69, 9.17) is 0 Å². The van der Waals surface area contributed by atoms with E-state index in [1.165, 1.54) is 0 Å². The molecule has 0 unspecified atom stereocenters. The fourth-order valence-electron chi connectivity index (χ4n) is 1.10. The molecule has 0 fully saturated rings. The van der Waals surface area contributed by atoms with Crippen molar-refractivity contribution in [3.63, 3.8) is 0 Å². The average Bonchev–Trinajstić information content (AvgIpc) is 1.90. The third-order valence-corrected chi connectivity index (χ3v) is 2.09. The standard InChI is InChI=1S/C8H19NO/c1-5-9(6-2)7(3)8(4)10/h7-8,10H,5-6H2,1-4H3/t7-,8-/m1/s1. The maximum atomic E-state index is 9.21. The third kappa shape index (κ3) is 2.67. The quantitative estimate of drug-likeness (QED) is 0.640. The van der Waals surface area contributed by atoms with E-state index in [0.29, 0.717) is 0 Å². The molecular formula is C8H19NO. The minimum Gasteiger partial charge on any atom is -0.392 e. The van der Waals surface area contributed by atoms with Crippen molar-refractivity contribution >= 4 is 0 Å². The van der Waals surface area contributed by atoms with Gasteiger partial charge >= 0.3 is 0 Å². The molecule has 0 aromatic rings. The minimum atomic E-state index is -0.222. The molecule has 0 aliphatic heterocycles. The summed E-state index contributed by atoms with van der Waals surface area (Å²) in [6.45, 7) is 10.1. The van der Waals surface area contributed by atoms with Crippen LogP contribution in [-0.4, -0.2) is 35.2 Å². The highest BCUT2D eigenvalue weighted by atomic mass is 16.3. The molecule has 0 aliphatic rings. The van der Waals surface area contributed by atoms with Crippen LogP contribution in [0.15, 0.2) is 0 Å². The summed E-state index contributed by atoms with van der Waals surface area (Å²) in [7, 11) is 0. The fraction of sp³-hybridized carbons (Fsp3) is 1.00. The molecule has 2 heteroatoms. The van der Waals surface area contributed by atoms with E-state index in [1.807, 2.05) is 6.92 Å². The van der Waals surface area contributed by atoms with Crippen LogP contribution in [0.1, 0.15) is 27.7 Å². The highest BCUT2D eigenvalue weighted by Crippen LogP contribution is 2.02. The molecule has 10 heavy (non-hydrogen) atoms. The summed E-state index contributed by atoms with van der Waals surface area (Å²) >= 11 is 0. The Morgan fingerprint density at radius 3 is 1.70 bits per heavy atom. The van der Waals surface area contributed by atoms with E-state index >= 15 is 0 Å². The van der Waals surface area contributed by atoms with Gasteiger partial charge in [0.1, 0.15) is 0 Å². The normalized spacial score (nSPS) is 17.4. The van der Waals surface area contributed by atoms with Crippen LogP contribution in [-0.2, 0) is 0 Å². The number of nitrogens with zero attached hydrogens (tertiary/aromatic N) is 1. The summed E-state index contributed by atoms with van der Waals surface area (Å²) in [5.74, 6) is 0. The van der Waals surface area contributed by atoms with Gasteiger partial charge in [-0.3, -0.25) is 4.90 Å². The van der Waals surface area contributed by atoms with E-state index in [0.717, 1.165) is 13.1 Å². The lowest BCUT2D eigenvalue weighted by Gasteiger charge is -2.28. The lowest BCUT2D eigenvalue weighted by Crippen LogP contribution is -2.39. The van der Waals surface area contributed by atoms with Gasteiger partial charge in [-0.2, -0.15) is 0 Å². The van der Waals surface area contributed by atoms with Gasteiger partial charge in [0.25, 0.3) is 0 Å². The Bertz CT molecular complexity index is 79.3. The van der Waals surface area contributed by atoms with Crippen LogP contribution < -0.4 is 0 Å². The molecule has 0 rings (SSSR count). The van der Waals surface area contributed by atoms with Crippen molar-refractivity contribution < 1.29 is 5.11 Å². The summed E-state index contributed by atoms with van der Waals surface area (Å²) in [5.41, 5.74) is 0. The predicted octanol–water partition coefficient (Wildman–Crippen LogP) is 1.10. The van der Waals surface area contributed by atoms with Gasteiger partial charge in [0, 0.05) is 6.04 Å². The molecule has 0 amide bonds. The molecule has 0 saturated heterocycles. The number of rotatable bonds is 4. The number of likely N-dealkylation sites (N-methyl/N-ethyl adjacent to an activating group) is 1. The van der Waals surface area contributed by atoms with Gasteiger partial charge in [0.15, 0.2) is 0 Å². The van der Waals surface area contributed by atoms with E-state index in [-0.39, 0.29) is 12.1 Å². The lowest BCUT2D eigenvalue weighted by atomic mass is 10.2. The third-order valence-electron chi connectivity index (χ3n) is 2.09. The number of hydrogen-bond donors (Lipinski definition) is 1. The van der Waals surface area contributed by atoms with Crippen LogP contribution in [0, 0.1) is 0 Å². The molecule has 0 aromatic carbocycles. The second-order valence-electron chi connectivity index (χ2n) is 2.70. The van der Waals surface area contributed by atoms with E-state index < -0.39 is 0 Å². The predicted molar refractivity (Wildman–Crippen MR) is 44.1 cm³/mol. The highest BCUT2D eigenvalue weighted by molar-refractivity contribution is 4.68. The second-order valence-corrected chi connectivity index (χ2v) is 2.70. The maximum Gasteiger partial charge on any atom is 0.0664 e. The Morgan fingerprint density at radius 1 is 1.20 bits per heavy atom. The second kappa shape index (κ2) is 4.69. The van der Waals surface area contributed by atoms with Gasteiger partial charge in [-0.1, -0.05) is 13.8 Å². The number of aliphatic hydroxyl groups is 1. The molecular weight excluding hydrogens is 126 g/mol. The first-order valence-electron chi connectivity index (χ1n) is 4.05. The van der Waals surface area contributed by atoms with Crippen LogP contribution in [0.4, 0.5) is 0 Å². The molecule has 0 saturated carbocycles. The first kappa shape index (κ1) is 9.92. The molecule has 0 heterocycles. The van der Waals surface area contributed by atoms with Crippen molar-refractivity contribution in [1.29, 1.82) is 0 Å². The molecule has 2 atom stereocenters. The zero-order valence-corrected chi connectivity index (χ0v) is 7.46. The fourth-order valence-corrected chi connectivity index (χ4v) is 1.10. The van der Waals surface area contributed by atoms with Gasteiger partial charge < -0.3 is 5.11 Å². The van der Waals surface area contributed by atoms with Gasteiger partial charge in [0.2, 0.25) is 0 Å². The van der Waals surface area contributed by atoms with Crippen LogP contribution in [0.25, 0.3) is 0 Å². The zero-order valence-electron chi connectivity index (χ0n) is 7.46. The van der Waals surface area contributed by atoms with Crippen molar-refractivity contribution in [3.05, 3.63) is 0 Å². The Morgan fingerprint density at radius 2 is 1.60 bits per heavy atom. The Hall–Kier alpha value is -0.0800. The van der Waals surface area contributed by atoms with Gasteiger partial charge in [-0.25, -0.2) is 0 Å². The molecule has 1 N–H and O–H groups in total. The summed E-state index contributed by atoms with van der Waals surface area (Å²) in [6, 6.07) is 0.287. The molecule has 0 bridgehead atoms. The Kier molecular flexibility index (Phi) is 4.65. The van der Waals surface area contributed by atoms with Crippen LogP contribution in [0.5, 0.6) is 0 Å². The van der Waals surface area contributed by atoms with Gasteiger partial charge in [-0.15, -0.1) is 0 Å². The van der Waals surface area contributed by atoms with E-state index in [1.54, 1.807) is 0 Å². The van der Waals surface area contributed by atoms with Crippen LogP contribution >= 0.6 is 0 Å². The maximum absolute atomic E-state index is 9.21. The first-order chi connectivity index (χ1) is 4.63. The van der Waals surface area contributed by atoms with Crippen molar-refractivity contribution in [2.75, 3.05) is 13.1 Å². The zero-order chi connectivity index (χ0) is 8.15. The summed E-state index contributed by atoms with van der Waals surface area (Å²) in [6.07, 6.45) is -0.222. The molecule has 62 valence electrons. The molecule has 0 aliphatic carbocycles. The highest BCUT2D eigenvalue weighted by Gasteiger charge is 2.14. The van der Waals surface area contributed by atoms with Gasteiger partial charge in [-0.05, 0) is 26.9 Å². The smallest absolute Gasteiger partial charge is 0.0664 e. The molecule has 2 nitrogen and oxygen atoms in total. The van der Waals surface area contributed by atoms with Crippen molar-refractivity contribution in [3.8, 4) is 0 Å². The number of hydrogen-bond acceptors (Lipinski definition) is 2. The average molecular weight is 145 g/mol. The summed E-state index contributed by atoms with van der Waals surface area (Å²) in [4.78, 5) is 2.24. The van der Waals surface area contributed by atoms with Gasteiger partial charge in [0.05, 0.1) is 6.10 Å². The topological polar surface area (TPSA) is 23.5 Å². The summed E-state index contributed by atoms with van der Waals surface area (Å²) in [5, 5.41) is 9.21. The van der Waals surface area contributed by atoms with Crippen molar-refractivity contribution in [2.24, 2.45) is 0 Å². The molecule has 0 spiro atoms. The Balaban J connectivity index is 3.76. The lowest BCUT2D eigenvalue weighted by molar-refractivity contribution is 0.0773. The minimum absolute atomic E-state index is 0.222. The largest absolute Gasteiger partial charge is 0.392 e.